The van der Waals surface area contributed by atoms with Crippen LogP contribution in [0.15, 0.2) is 48.5 Å². The van der Waals surface area contributed by atoms with Crippen LogP contribution < -0.4 is 4.74 Å². The Morgan fingerprint density at radius 1 is 1.09 bits per heavy atom. The summed E-state index contributed by atoms with van der Waals surface area (Å²) in [6, 6.07) is 16.9. The van der Waals surface area contributed by atoms with E-state index in [0.717, 1.165) is 57.4 Å². The molecule has 0 aromatic heterocycles. The lowest BCUT2D eigenvalue weighted by Gasteiger charge is -2.49. The van der Waals surface area contributed by atoms with Crippen LogP contribution in [0.5, 0.6) is 5.75 Å². The van der Waals surface area contributed by atoms with Crippen LogP contribution in [0.1, 0.15) is 68.1 Å². The Morgan fingerprint density at radius 3 is 2.68 bits per heavy atom. The first kappa shape index (κ1) is 21.9. The Bertz CT molecular complexity index is 1090. The van der Waals surface area contributed by atoms with Crippen molar-refractivity contribution in [3.63, 3.8) is 0 Å². The smallest absolute Gasteiger partial charge is 0.226 e. The van der Waals surface area contributed by atoms with Gasteiger partial charge in [0.1, 0.15) is 18.1 Å². The summed E-state index contributed by atoms with van der Waals surface area (Å²) >= 11 is 0. The third-order valence-corrected chi connectivity index (χ3v) is 9.41. The van der Waals surface area contributed by atoms with Crippen molar-refractivity contribution in [2.75, 3.05) is 13.1 Å². The van der Waals surface area contributed by atoms with Gasteiger partial charge in [-0.1, -0.05) is 43.3 Å². The fourth-order valence-electron chi connectivity index (χ4n) is 7.68. The van der Waals surface area contributed by atoms with Gasteiger partial charge in [-0.25, -0.2) is 0 Å². The molecule has 1 aliphatic heterocycles. The second-order valence-corrected chi connectivity index (χ2v) is 11.2. The average Bonchev–Trinajstić information content (AvgIpc) is 3.49. The summed E-state index contributed by atoms with van der Waals surface area (Å²) in [6.07, 6.45) is 6.68. The van der Waals surface area contributed by atoms with E-state index < -0.39 is 0 Å². The highest BCUT2D eigenvalue weighted by molar-refractivity contribution is 5.95. The molecule has 4 heteroatoms. The molecule has 2 saturated carbocycles. The molecular formula is C30H35NO3. The average molecular weight is 458 g/mol. The molecule has 4 nitrogen and oxygen atoms in total. The van der Waals surface area contributed by atoms with Gasteiger partial charge >= 0.3 is 0 Å². The van der Waals surface area contributed by atoms with E-state index >= 15 is 0 Å². The van der Waals surface area contributed by atoms with Crippen molar-refractivity contribution in [1.29, 1.82) is 0 Å². The van der Waals surface area contributed by atoms with Gasteiger partial charge in [0.25, 0.3) is 0 Å². The standard InChI is InChI=1S/C30H35NO3/c1-30-14-13-24-23-12-10-22(34-19-20-7-3-2-4-8-20)17-21(23)9-11-25(24)28(30)26(18-27(30)32)29(33)31-15-5-6-16-31/h2-4,7-8,10,12,17,24-26,28H,5-6,9,11,13-16,18-19H2,1H3/t24-,25-,26+,28-,30-/m1/s1. The molecule has 1 amide bonds. The van der Waals surface area contributed by atoms with Crippen LogP contribution in [-0.2, 0) is 22.6 Å². The van der Waals surface area contributed by atoms with Crippen LogP contribution >= 0.6 is 0 Å². The Kier molecular flexibility index (Phi) is 5.50. The van der Waals surface area contributed by atoms with Crippen LogP contribution in [0, 0.1) is 23.2 Å². The van der Waals surface area contributed by atoms with Gasteiger partial charge in [-0.2, -0.15) is 0 Å². The zero-order valence-electron chi connectivity index (χ0n) is 20.2. The number of hydrogen-bond acceptors (Lipinski definition) is 3. The molecule has 34 heavy (non-hydrogen) atoms. The number of aryl methyl sites for hydroxylation is 1. The first-order chi connectivity index (χ1) is 16.5. The molecule has 3 fully saturated rings. The minimum Gasteiger partial charge on any atom is -0.489 e. The van der Waals surface area contributed by atoms with Gasteiger partial charge in [-0.15, -0.1) is 0 Å². The van der Waals surface area contributed by atoms with Crippen LogP contribution in [0.2, 0.25) is 0 Å². The molecule has 0 spiro atoms. The maximum Gasteiger partial charge on any atom is 0.226 e. The van der Waals surface area contributed by atoms with Crippen LogP contribution in [0.4, 0.5) is 0 Å². The predicted octanol–water partition coefficient (Wildman–Crippen LogP) is 5.54. The third kappa shape index (κ3) is 3.57. The minimum absolute atomic E-state index is 0.113. The number of Topliss-reactive ketones (excluding diaryl/α,β-unsaturated/α-hetero) is 1. The number of benzene rings is 2. The van der Waals surface area contributed by atoms with Gasteiger partial charge in [0, 0.05) is 30.8 Å². The van der Waals surface area contributed by atoms with Crippen molar-refractivity contribution >= 4 is 11.7 Å². The zero-order chi connectivity index (χ0) is 23.3. The number of likely N-dealkylation sites (tertiary alicyclic amines) is 1. The summed E-state index contributed by atoms with van der Waals surface area (Å²) < 4.78 is 6.10. The number of rotatable bonds is 4. The Labute approximate surface area is 202 Å². The molecule has 0 N–H and O–H groups in total. The van der Waals surface area contributed by atoms with Gasteiger partial charge in [0.2, 0.25) is 5.91 Å². The quantitative estimate of drug-likeness (QED) is 0.606. The van der Waals surface area contributed by atoms with Gasteiger partial charge in [0.05, 0.1) is 0 Å². The first-order valence-electron chi connectivity index (χ1n) is 13.2. The number of hydrogen-bond donors (Lipinski definition) is 0. The monoisotopic (exact) mass is 457 g/mol. The largest absolute Gasteiger partial charge is 0.489 e. The Morgan fingerprint density at radius 2 is 1.88 bits per heavy atom. The maximum atomic E-state index is 13.5. The summed E-state index contributed by atoms with van der Waals surface area (Å²) in [6.45, 7) is 4.49. The SMILES string of the molecule is C[C@]12CC[C@@H]3c4ccc(OCc5ccccc5)cc4CC[C@H]3[C@@H]1[C@@H](C(=O)N1CCCC1)CC2=O. The predicted molar refractivity (Wildman–Crippen MR) is 132 cm³/mol. The molecule has 1 saturated heterocycles. The van der Waals surface area contributed by atoms with E-state index in [1.54, 1.807) is 0 Å². The van der Waals surface area contributed by atoms with Crippen LogP contribution in [0.3, 0.4) is 0 Å². The molecule has 5 atom stereocenters. The summed E-state index contributed by atoms with van der Waals surface area (Å²) in [7, 11) is 0. The van der Waals surface area contributed by atoms with Crippen molar-refractivity contribution in [1.82, 2.24) is 4.90 Å². The highest BCUT2D eigenvalue weighted by Crippen LogP contribution is 2.61. The fourth-order valence-corrected chi connectivity index (χ4v) is 7.68. The number of amides is 1. The Balaban J connectivity index is 1.24. The van der Waals surface area contributed by atoms with Gasteiger partial charge in [-0.05, 0) is 85.1 Å². The molecule has 0 unspecified atom stereocenters. The zero-order valence-corrected chi connectivity index (χ0v) is 20.2. The maximum absolute atomic E-state index is 13.5. The molecule has 178 valence electrons. The molecule has 0 bridgehead atoms. The normalized spacial score (nSPS) is 32.1. The molecule has 2 aromatic rings. The van der Waals surface area contributed by atoms with Crippen molar-refractivity contribution in [2.45, 2.75) is 64.4 Å². The summed E-state index contributed by atoms with van der Waals surface area (Å²) in [4.78, 5) is 28.8. The highest BCUT2D eigenvalue weighted by Gasteiger charge is 2.60. The van der Waals surface area contributed by atoms with Gasteiger partial charge in [0.15, 0.2) is 0 Å². The fraction of sp³-hybridized carbons (Fsp3) is 0.533. The molecule has 3 aliphatic carbocycles. The number of carbonyl (C=O) groups excluding carboxylic acids is 2. The van der Waals surface area contributed by atoms with Crippen molar-refractivity contribution in [3.8, 4) is 5.75 Å². The summed E-state index contributed by atoms with van der Waals surface area (Å²) in [5.74, 6) is 2.47. The number of nitrogens with zero attached hydrogens (tertiary/aromatic N) is 1. The number of ketones is 1. The lowest BCUT2D eigenvalue weighted by Crippen LogP contribution is -2.47. The van der Waals surface area contributed by atoms with E-state index in [1.807, 2.05) is 23.1 Å². The lowest BCUT2D eigenvalue weighted by atomic mass is 9.54. The molecule has 6 rings (SSSR count). The Hall–Kier alpha value is -2.62. The second kappa shape index (κ2) is 8.55. The molecule has 2 aromatic carbocycles. The minimum atomic E-state index is -0.322. The van der Waals surface area contributed by atoms with Gasteiger partial charge < -0.3 is 9.64 Å². The molecule has 4 aliphatic rings. The topological polar surface area (TPSA) is 46.6 Å². The van der Waals surface area contributed by atoms with E-state index in [0.29, 0.717) is 30.6 Å². The van der Waals surface area contributed by atoms with Crippen LogP contribution in [0.25, 0.3) is 0 Å². The van der Waals surface area contributed by atoms with E-state index in [1.165, 1.54) is 16.7 Å². The van der Waals surface area contributed by atoms with E-state index in [-0.39, 0.29) is 23.2 Å². The molecule has 1 heterocycles. The van der Waals surface area contributed by atoms with Crippen molar-refractivity contribution in [3.05, 3.63) is 65.2 Å². The number of fused-ring (bicyclic) bond motifs is 5. The van der Waals surface area contributed by atoms with Crippen LogP contribution in [-0.4, -0.2) is 29.7 Å². The lowest BCUT2D eigenvalue weighted by molar-refractivity contribution is -0.138. The molecule has 0 radical (unpaired) electrons. The van der Waals surface area contributed by atoms with E-state index in [2.05, 4.69) is 37.3 Å². The van der Waals surface area contributed by atoms with Gasteiger partial charge in [-0.3, -0.25) is 9.59 Å². The van der Waals surface area contributed by atoms with Crippen molar-refractivity contribution in [2.24, 2.45) is 23.2 Å². The second-order valence-electron chi connectivity index (χ2n) is 11.2. The number of ether oxygens (including phenoxy) is 1. The summed E-state index contributed by atoms with van der Waals surface area (Å²) in [5, 5.41) is 0. The van der Waals surface area contributed by atoms with E-state index in [4.69, 9.17) is 4.74 Å². The third-order valence-electron chi connectivity index (χ3n) is 9.41. The highest BCUT2D eigenvalue weighted by atomic mass is 16.5. The number of carbonyl (C=O) groups is 2. The first-order valence-corrected chi connectivity index (χ1v) is 13.2. The van der Waals surface area contributed by atoms with E-state index in [9.17, 15) is 9.59 Å². The molecular weight excluding hydrogens is 422 g/mol. The van der Waals surface area contributed by atoms with Crippen molar-refractivity contribution < 1.29 is 14.3 Å². The summed E-state index contributed by atoms with van der Waals surface area (Å²) in [5.41, 5.74) is 3.67.